The summed E-state index contributed by atoms with van der Waals surface area (Å²) in [6, 6.07) is 64.4. The maximum atomic E-state index is 5.22. The third-order valence-electron chi connectivity index (χ3n) is 10.4. The molecule has 3 aromatic heterocycles. The molecule has 11 aromatic rings. The molecule has 0 saturated heterocycles. The number of aromatic nitrogens is 4. The molecule has 0 radical (unpaired) electrons. The second-order valence-corrected chi connectivity index (χ2v) is 14.7. The number of nitrogens with zero attached hydrogens (tertiary/aromatic N) is 4. The predicted octanol–water partition coefficient (Wildman–Crippen LogP) is 13.2. The SMILES string of the molecule is c1ccc(-c2cccc(-c3nc(-c4ccc(-n5c6ccccc6c6cc7ccccc7cc65)cc4)nc(-c4cccc5sc6ccccc6c45)n3)c2)cc1. The lowest BCUT2D eigenvalue weighted by Gasteiger charge is -2.12. The van der Waals surface area contributed by atoms with Gasteiger partial charge in [-0.05, 0) is 82.6 Å². The van der Waals surface area contributed by atoms with E-state index >= 15 is 0 Å². The molecule has 0 fully saturated rings. The number of benzene rings is 8. The molecule has 0 amide bonds. The van der Waals surface area contributed by atoms with E-state index in [1.54, 1.807) is 11.3 Å². The summed E-state index contributed by atoms with van der Waals surface area (Å²) in [6.07, 6.45) is 0. The highest BCUT2D eigenvalue weighted by molar-refractivity contribution is 7.25. The third-order valence-corrected chi connectivity index (χ3v) is 11.6. The normalized spacial score (nSPS) is 11.7. The molecule has 4 nitrogen and oxygen atoms in total. The van der Waals surface area contributed by atoms with Crippen molar-refractivity contribution < 1.29 is 0 Å². The van der Waals surface area contributed by atoms with Crippen molar-refractivity contribution in [3.05, 3.63) is 182 Å². The number of hydrogen-bond donors (Lipinski definition) is 0. The third kappa shape index (κ3) is 5.01. The Bertz CT molecular complexity index is 3210. The van der Waals surface area contributed by atoms with Crippen molar-refractivity contribution in [1.29, 1.82) is 0 Å². The number of hydrogen-bond acceptors (Lipinski definition) is 4. The summed E-state index contributed by atoms with van der Waals surface area (Å²) in [5.74, 6) is 1.94. The van der Waals surface area contributed by atoms with E-state index in [4.69, 9.17) is 15.0 Å². The summed E-state index contributed by atoms with van der Waals surface area (Å²) >= 11 is 1.80. The average molecular weight is 707 g/mol. The number of para-hydroxylation sites is 1. The molecule has 0 N–H and O–H groups in total. The summed E-state index contributed by atoms with van der Waals surface area (Å²) in [6.45, 7) is 0. The molecule has 11 rings (SSSR count). The highest BCUT2D eigenvalue weighted by atomic mass is 32.1. The Balaban J connectivity index is 1.09. The lowest BCUT2D eigenvalue weighted by molar-refractivity contribution is 1.08. The van der Waals surface area contributed by atoms with E-state index in [2.05, 4.69) is 180 Å². The van der Waals surface area contributed by atoms with Crippen LogP contribution in [-0.4, -0.2) is 19.5 Å². The van der Waals surface area contributed by atoms with Gasteiger partial charge in [0.25, 0.3) is 0 Å². The van der Waals surface area contributed by atoms with Crippen molar-refractivity contribution in [2.45, 2.75) is 0 Å². The standard InChI is InChI=1S/C49H30N4S/c1-2-12-31(13-3-1)33-16-10-17-36(28-33)48-50-47(51-49(52-48)40-20-11-23-45-46(40)39-19-7-9-22-44(39)54-45)32-24-26-37(27-25-32)53-42-21-8-6-18-38(42)41-29-34-14-4-5-15-35(34)30-43(41)53/h1-30H. The van der Waals surface area contributed by atoms with E-state index in [-0.39, 0.29) is 0 Å². The summed E-state index contributed by atoms with van der Waals surface area (Å²) in [7, 11) is 0. The maximum Gasteiger partial charge on any atom is 0.164 e. The Labute approximate surface area is 315 Å². The van der Waals surface area contributed by atoms with Crippen LogP contribution in [0.3, 0.4) is 0 Å². The Morgan fingerprint density at radius 1 is 0.370 bits per heavy atom. The lowest BCUT2D eigenvalue weighted by atomic mass is 10.0. The van der Waals surface area contributed by atoms with Crippen molar-refractivity contribution >= 4 is 64.1 Å². The van der Waals surface area contributed by atoms with Crippen LogP contribution in [0.2, 0.25) is 0 Å². The molecular formula is C49H30N4S. The van der Waals surface area contributed by atoms with Gasteiger partial charge >= 0.3 is 0 Å². The molecule has 8 aromatic carbocycles. The van der Waals surface area contributed by atoms with Gasteiger partial charge < -0.3 is 4.57 Å². The molecule has 0 aliphatic carbocycles. The van der Waals surface area contributed by atoms with Crippen molar-refractivity contribution in [2.24, 2.45) is 0 Å². The van der Waals surface area contributed by atoms with E-state index in [9.17, 15) is 0 Å². The molecular weight excluding hydrogens is 677 g/mol. The second kappa shape index (κ2) is 12.3. The Morgan fingerprint density at radius 3 is 1.85 bits per heavy atom. The van der Waals surface area contributed by atoms with Crippen molar-refractivity contribution in [3.63, 3.8) is 0 Å². The summed E-state index contributed by atoms with van der Waals surface area (Å²) < 4.78 is 4.83. The first-order valence-corrected chi connectivity index (χ1v) is 18.9. The van der Waals surface area contributed by atoms with Crippen molar-refractivity contribution in [3.8, 4) is 51.0 Å². The molecule has 3 heterocycles. The van der Waals surface area contributed by atoms with Crippen LogP contribution in [0, 0.1) is 0 Å². The van der Waals surface area contributed by atoms with E-state index in [1.807, 2.05) is 6.07 Å². The van der Waals surface area contributed by atoms with Gasteiger partial charge in [-0.25, -0.2) is 15.0 Å². The Morgan fingerprint density at radius 2 is 1.00 bits per heavy atom. The zero-order valence-electron chi connectivity index (χ0n) is 29.0. The summed E-state index contributed by atoms with van der Waals surface area (Å²) in [5, 5.41) is 7.33. The van der Waals surface area contributed by atoms with E-state index < -0.39 is 0 Å². The topological polar surface area (TPSA) is 43.6 Å². The van der Waals surface area contributed by atoms with Crippen LogP contribution in [0.5, 0.6) is 0 Å². The molecule has 0 atom stereocenters. The lowest BCUT2D eigenvalue weighted by Crippen LogP contribution is -2.01. The fourth-order valence-corrected chi connectivity index (χ4v) is 9.01. The zero-order chi connectivity index (χ0) is 35.6. The smallest absolute Gasteiger partial charge is 0.164 e. The minimum atomic E-state index is 0.636. The molecule has 0 unspecified atom stereocenters. The molecule has 252 valence electrons. The van der Waals surface area contributed by atoms with Crippen LogP contribution in [0.25, 0.3) is 104 Å². The number of fused-ring (bicyclic) bond motifs is 7. The van der Waals surface area contributed by atoms with Crippen LogP contribution in [0.4, 0.5) is 0 Å². The largest absolute Gasteiger partial charge is 0.309 e. The minimum absolute atomic E-state index is 0.636. The van der Waals surface area contributed by atoms with Gasteiger partial charge in [-0.15, -0.1) is 11.3 Å². The second-order valence-electron chi connectivity index (χ2n) is 13.6. The Hall–Kier alpha value is -6.95. The quantitative estimate of drug-likeness (QED) is 0.179. The molecule has 0 aliphatic rings. The highest BCUT2D eigenvalue weighted by Gasteiger charge is 2.18. The number of rotatable bonds is 5. The first-order chi connectivity index (χ1) is 26.7. The van der Waals surface area contributed by atoms with Crippen LogP contribution in [0.15, 0.2) is 182 Å². The fraction of sp³-hybridized carbons (Fsp3) is 0. The summed E-state index contributed by atoms with van der Waals surface area (Å²) in [5.41, 5.74) is 8.58. The van der Waals surface area contributed by atoms with Crippen LogP contribution >= 0.6 is 11.3 Å². The van der Waals surface area contributed by atoms with Crippen LogP contribution in [0.1, 0.15) is 0 Å². The van der Waals surface area contributed by atoms with E-state index in [0.717, 1.165) is 33.5 Å². The zero-order valence-corrected chi connectivity index (χ0v) is 29.8. The number of thiophene rings is 1. The fourth-order valence-electron chi connectivity index (χ4n) is 7.88. The van der Waals surface area contributed by atoms with Crippen LogP contribution in [-0.2, 0) is 0 Å². The molecule has 0 aliphatic heterocycles. The van der Waals surface area contributed by atoms with Gasteiger partial charge in [0, 0.05) is 53.3 Å². The predicted molar refractivity (Wildman–Crippen MR) is 226 cm³/mol. The van der Waals surface area contributed by atoms with Crippen LogP contribution < -0.4 is 0 Å². The van der Waals surface area contributed by atoms with Gasteiger partial charge in [0.1, 0.15) is 0 Å². The highest BCUT2D eigenvalue weighted by Crippen LogP contribution is 2.40. The van der Waals surface area contributed by atoms with E-state index in [0.29, 0.717) is 17.5 Å². The molecule has 5 heteroatoms. The van der Waals surface area contributed by atoms with Crippen molar-refractivity contribution in [2.75, 3.05) is 0 Å². The molecule has 54 heavy (non-hydrogen) atoms. The molecule has 0 saturated carbocycles. The maximum absolute atomic E-state index is 5.22. The van der Waals surface area contributed by atoms with Gasteiger partial charge in [-0.1, -0.05) is 121 Å². The average Bonchev–Trinajstić information content (AvgIpc) is 3.78. The minimum Gasteiger partial charge on any atom is -0.309 e. The monoisotopic (exact) mass is 706 g/mol. The van der Waals surface area contributed by atoms with Gasteiger partial charge in [0.05, 0.1) is 11.0 Å². The Kier molecular flexibility index (Phi) is 7.00. The van der Waals surface area contributed by atoms with Gasteiger partial charge in [0.15, 0.2) is 17.5 Å². The van der Waals surface area contributed by atoms with Gasteiger partial charge in [-0.2, -0.15) is 0 Å². The summed E-state index contributed by atoms with van der Waals surface area (Å²) in [4.78, 5) is 15.6. The first-order valence-electron chi connectivity index (χ1n) is 18.1. The van der Waals surface area contributed by atoms with Gasteiger partial charge in [0.2, 0.25) is 0 Å². The molecule has 0 bridgehead atoms. The van der Waals surface area contributed by atoms with Crippen molar-refractivity contribution in [1.82, 2.24) is 19.5 Å². The van der Waals surface area contributed by atoms with E-state index in [1.165, 1.54) is 52.8 Å². The molecule has 0 spiro atoms. The first kappa shape index (κ1) is 30.7. The van der Waals surface area contributed by atoms with Gasteiger partial charge in [-0.3, -0.25) is 0 Å².